The highest BCUT2D eigenvalue weighted by Crippen LogP contribution is 2.35. The molecule has 0 spiro atoms. The third-order valence-corrected chi connectivity index (χ3v) is 7.88. The molecule has 0 aliphatic rings. The van der Waals surface area contributed by atoms with Crippen molar-refractivity contribution in [3.8, 4) is 5.75 Å². The minimum Gasteiger partial charge on any atom is -0.422 e. The van der Waals surface area contributed by atoms with Crippen LogP contribution in [0.25, 0.3) is 9.40 Å². The van der Waals surface area contributed by atoms with E-state index in [1.165, 1.54) is 77.6 Å². The van der Waals surface area contributed by atoms with E-state index in [1.807, 2.05) is 29.5 Å². The predicted octanol–water partition coefficient (Wildman–Crippen LogP) is 8.82. The second-order valence-corrected chi connectivity index (χ2v) is 10.5. The van der Waals surface area contributed by atoms with E-state index >= 15 is 0 Å². The lowest BCUT2D eigenvalue weighted by Crippen LogP contribution is -2.06. The number of hydrogen-bond acceptors (Lipinski definition) is 4. The van der Waals surface area contributed by atoms with Gasteiger partial charge in [-0.1, -0.05) is 70.9 Å². The molecule has 4 heteroatoms. The van der Waals surface area contributed by atoms with Crippen LogP contribution in [0.5, 0.6) is 5.75 Å². The van der Waals surface area contributed by atoms with Gasteiger partial charge in [0.25, 0.3) is 0 Å². The van der Waals surface area contributed by atoms with Crippen LogP contribution in [-0.4, -0.2) is 5.97 Å². The highest BCUT2D eigenvalue weighted by atomic mass is 32.2. The lowest BCUT2D eigenvalue weighted by atomic mass is 10.1. The number of fused-ring (bicyclic) bond motifs is 1. The molecule has 2 heterocycles. The van der Waals surface area contributed by atoms with Gasteiger partial charge in [-0.05, 0) is 55.5 Å². The number of thiophene rings is 2. The van der Waals surface area contributed by atoms with Gasteiger partial charge in [-0.25, -0.2) is 4.79 Å². The first-order valence-electron chi connectivity index (χ1n) is 11.5. The second kappa shape index (κ2) is 12.3. The van der Waals surface area contributed by atoms with Crippen LogP contribution >= 0.6 is 22.7 Å². The molecule has 2 aromatic heterocycles. The molecule has 0 radical (unpaired) electrons. The van der Waals surface area contributed by atoms with Crippen LogP contribution in [0.4, 0.5) is 0 Å². The smallest absolute Gasteiger partial charge is 0.353 e. The lowest BCUT2D eigenvalue weighted by molar-refractivity contribution is 0.0740. The zero-order valence-corrected chi connectivity index (χ0v) is 20.0. The molecule has 0 aliphatic heterocycles. The summed E-state index contributed by atoms with van der Waals surface area (Å²) in [5, 5.41) is 1.19. The summed E-state index contributed by atoms with van der Waals surface area (Å²) in [5.74, 6) is 0.370. The van der Waals surface area contributed by atoms with Crippen molar-refractivity contribution < 1.29 is 9.53 Å². The van der Waals surface area contributed by atoms with E-state index in [0.717, 1.165) is 12.8 Å². The normalized spacial score (nSPS) is 11.3. The standard InChI is InChI=1S/C26H34O2S2/c1-3-5-7-8-9-10-11-13-23-18-21-19-24(30-26(21)29-23)25(27)28-22-16-14-20(15-17-22)12-6-4-2/h14-19H,3-13H2,1-2H3. The molecule has 0 atom stereocenters. The molecule has 0 aliphatic carbocycles. The van der Waals surface area contributed by atoms with Gasteiger partial charge in [0.1, 0.15) is 10.6 Å². The van der Waals surface area contributed by atoms with Crippen molar-refractivity contribution in [2.75, 3.05) is 0 Å². The molecule has 0 saturated carbocycles. The van der Waals surface area contributed by atoms with Gasteiger partial charge < -0.3 is 4.74 Å². The van der Waals surface area contributed by atoms with Crippen LogP contribution in [0, 0.1) is 0 Å². The summed E-state index contributed by atoms with van der Waals surface area (Å²) < 4.78 is 6.82. The fourth-order valence-electron chi connectivity index (χ4n) is 3.63. The Labute approximate surface area is 189 Å². The quantitative estimate of drug-likeness (QED) is 0.150. The number of unbranched alkanes of at least 4 members (excludes halogenated alkanes) is 7. The van der Waals surface area contributed by atoms with Gasteiger partial charge >= 0.3 is 5.97 Å². The molecule has 2 nitrogen and oxygen atoms in total. The maximum absolute atomic E-state index is 12.5. The van der Waals surface area contributed by atoms with Crippen LogP contribution < -0.4 is 4.74 Å². The molecule has 1 aromatic carbocycles. The van der Waals surface area contributed by atoms with Crippen LogP contribution in [0.1, 0.15) is 91.7 Å². The Balaban J connectivity index is 1.47. The first-order valence-corrected chi connectivity index (χ1v) is 13.2. The first-order chi connectivity index (χ1) is 14.7. The summed E-state index contributed by atoms with van der Waals surface area (Å²) in [6.07, 6.45) is 14.0. The van der Waals surface area contributed by atoms with E-state index in [2.05, 4.69) is 32.0 Å². The van der Waals surface area contributed by atoms with Crippen molar-refractivity contribution in [3.63, 3.8) is 0 Å². The number of aryl methyl sites for hydroxylation is 2. The minimum atomic E-state index is -0.252. The minimum absolute atomic E-state index is 0.252. The molecule has 162 valence electrons. The third-order valence-electron chi connectivity index (χ3n) is 5.45. The van der Waals surface area contributed by atoms with Crippen LogP contribution in [0.2, 0.25) is 0 Å². The second-order valence-electron chi connectivity index (χ2n) is 8.07. The van der Waals surface area contributed by atoms with Gasteiger partial charge in [0, 0.05) is 10.3 Å². The Kier molecular flexibility index (Phi) is 9.41. The summed E-state index contributed by atoms with van der Waals surface area (Å²) in [4.78, 5) is 14.7. The molecular formula is C26H34O2S2. The van der Waals surface area contributed by atoms with Crippen LogP contribution in [0.15, 0.2) is 36.4 Å². The molecule has 0 saturated heterocycles. The summed E-state index contributed by atoms with van der Waals surface area (Å²) in [7, 11) is 0. The third kappa shape index (κ3) is 6.95. The van der Waals surface area contributed by atoms with Gasteiger partial charge in [-0.3, -0.25) is 0 Å². The number of esters is 1. The molecule has 0 unspecified atom stereocenters. The van der Waals surface area contributed by atoms with Crippen LogP contribution in [0.3, 0.4) is 0 Å². The molecule has 0 fully saturated rings. The first kappa shape index (κ1) is 23.0. The van der Waals surface area contributed by atoms with Gasteiger partial charge in [-0.2, -0.15) is 0 Å². The van der Waals surface area contributed by atoms with Gasteiger partial charge in [0.05, 0.1) is 4.01 Å². The Bertz CT molecular complexity index is 873. The molecule has 3 rings (SSSR count). The summed E-state index contributed by atoms with van der Waals surface area (Å²) in [6, 6.07) is 12.2. The number of carbonyl (C=O) groups excluding carboxylic acids is 1. The fourth-order valence-corrected chi connectivity index (χ4v) is 6.04. The number of rotatable bonds is 13. The van der Waals surface area contributed by atoms with Crippen molar-refractivity contribution in [2.24, 2.45) is 0 Å². The number of benzene rings is 1. The maximum Gasteiger partial charge on any atom is 0.353 e. The van der Waals surface area contributed by atoms with Crippen molar-refractivity contribution in [1.82, 2.24) is 0 Å². The molecule has 0 bridgehead atoms. The predicted molar refractivity (Wildman–Crippen MR) is 131 cm³/mol. The van der Waals surface area contributed by atoms with Crippen molar-refractivity contribution in [2.45, 2.75) is 84.5 Å². The van der Waals surface area contributed by atoms with Crippen LogP contribution in [-0.2, 0) is 12.8 Å². The number of ether oxygens (including phenoxy) is 1. The molecule has 0 amide bonds. The SMILES string of the molecule is CCCCCCCCCc1cc2cc(C(=O)Oc3ccc(CCCC)cc3)sc2s1. The van der Waals surface area contributed by atoms with Gasteiger partial charge in [-0.15, -0.1) is 22.7 Å². The number of hydrogen-bond donors (Lipinski definition) is 0. The summed E-state index contributed by atoms with van der Waals surface area (Å²) >= 11 is 3.39. The Morgan fingerprint density at radius 1 is 0.800 bits per heavy atom. The largest absolute Gasteiger partial charge is 0.422 e. The average Bonchev–Trinajstić information content (AvgIpc) is 3.31. The lowest BCUT2D eigenvalue weighted by Gasteiger charge is -2.04. The highest BCUT2D eigenvalue weighted by Gasteiger charge is 2.15. The highest BCUT2D eigenvalue weighted by molar-refractivity contribution is 7.39. The van der Waals surface area contributed by atoms with E-state index < -0.39 is 0 Å². The van der Waals surface area contributed by atoms with E-state index in [0.29, 0.717) is 10.6 Å². The Morgan fingerprint density at radius 2 is 1.50 bits per heavy atom. The Hall–Kier alpha value is -1.65. The van der Waals surface area contributed by atoms with Crippen molar-refractivity contribution in [3.05, 3.63) is 51.7 Å². The zero-order chi connectivity index (χ0) is 21.2. The summed E-state index contributed by atoms with van der Waals surface area (Å²) in [5.41, 5.74) is 1.29. The van der Waals surface area contributed by atoms with E-state index in [4.69, 9.17) is 4.74 Å². The van der Waals surface area contributed by atoms with Crippen molar-refractivity contribution >= 4 is 38.0 Å². The monoisotopic (exact) mass is 442 g/mol. The fraction of sp³-hybridized carbons (Fsp3) is 0.500. The molecule has 30 heavy (non-hydrogen) atoms. The molecule has 0 N–H and O–H groups in total. The van der Waals surface area contributed by atoms with E-state index in [9.17, 15) is 4.79 Å². The van der Waals surface area contributed by atoms with E-state index in [1.54, 1.807) is 11.3 Å². The average molecular weight is 443 g/mol. The van der Waals surface area contributed by atoms with Gasteiger partial charge in [0.15, 0.2) is 0 Å². The molecular weight excluding hydrogens is 408 g/mol. The zero-order valence-electron chi connectivity index (χ0n) is 18.4. The topological polar surface area (TPSA) is 26.3 Å². The maximum atomic E-state index is 12.5. The van der Waals surface area contributed by atoms with E-state index in [-0.39, 0.29) is 5.97 Å². The van der Waals surface area contributed by atoms with Crippen molar-refractivity contribution in [1.29, 1.82) is 0 Å². The Morgan fingerprint density at radius 3 is 2.20 bits per heavy atom. The summed E-state index contributed by atoms with van der Waals surface area (Å²) in [6.45, 7) is 4.46. The molecule has 3 aromatic rings. The number of carbonyl (C=O) groups is 1. The van der Waals surface area contributed by atoms with Gasteiger partial charge in [0.2, 0.25) is 0 Å².